The topological polar surface area (TPSA) is 76.2 Å². The molecule has 0 heterocycles. The highest BCUT2D eigenvalue weighted by molar-refractivity contribution is 5.96. The minimum atomic E-state index is 0.0698. The van der Waals surface area contributed by atoms with E-state index in [2.05, 4.69) is 77.6 Å². The molecule has 0 spiro atoms. The Kier molecular flexibility index (Phi) is 16.2. The molecular weight excluding hydrogens is 492 g/mol. The lowest BCUT2D eigenvalue weighted by Gasteiger charge is -2.15. The Morgan fingerprint density at radius 2 is 1.50 bits per heavy atom. The zero-order chi connectivity index (χ0) is 30.1. The molecule has 3 rings (SSSR count). The summed E-state index contributed by atoms with van der Waals surface area (Å²) in [4.78, 5) is 11.7. The summed E-state index contributed by atoms with van der Waals surface area (Å²) in [6.45, 7) is 18.9. The molecule has 3 aromatic rings. The summed E-state index contributed by atoms with van der Waals surface area (Å²) >= 11 is 0. The second-order valence-electron chi connectivity index (χ2n) is 10.6. The normalized spacial score (nSPS) is 10.1. The summed E-state index contributed by atoms with van der Waals surface area (Å²) < 4.78 is 6.08. The van der Waals surface area contributed by atoms with Crippen molar-refractivity contribution in [3.05, 3.63) is 112 Å². The van der Waals surface area contributed by atoms with Crippen molar-refractivity contribution < 1.29 is 9.53 Å². The summed E-state index contributed by atoms with van der Waals surface area (Å²) in [5, 5.41) is 7.80. The molecule has 0 aliphatic carbocycles. The Balaban J connectivity index is 0.000000686. The van der Waals surface area contributed by atoms with Crippen molar-refractivity contribution in [2.75, 3.05) is 6.54 Å². The van der Waals surface area contributed by atoms with Gasteiger partial charge >= 0.3 is 0 Å². The number of ketones is 1. The summed E-state index contributed by atoms with van der Waals surface area (Å²) in [5.74, 6) is 1.18. The number of carbonyl (C=O) groups is 1. The Bertz CT molecular complexity index is 1210. The van der Waals surface area contributed by atoms with Gasteiger partial charge in [-0.15, -0.1) is 6.58 Å². The second-order valence-corrected chi connectivity index (χ2v) is 10.6. The van der Waals surface area contributed by atoms with Crippen molar-refractivity contribution in [1.29, 1.82) is 5.41 Å². The number of carbonyl (C=O) groups excluding carboxylic acids is 1. The first kappa shape index (κ1) is 34.5. The van der Waals surface area contributed by atoms with Gasteiger partial charge in [0.15, 0.2) is 5.78 Å². The average Bonchev–Trinajstić information content (AvgIpc) is 2.93. The van der Waals surface area contributed by atoms with E-state index < -0.39 is 0 Å². The van der Waals surface area contributed by atoms with Crippen LogP contribution >= 0.6 is 0 Å². The quantitative estimate of drug-likeness (QED) is 0.144. The molecule has 0 saturated heterocycles. The average molecular weight is 543 g/mol. The molecule has 0 saturated carbocycles. The van der Waals surface area contributed by atoms with Crippen LogP contribution in [-0.2, 0) is 13.0 Å². The van der Waals surface area contributed by atoms with Gasteiger partial charge < -0.3 is 15.9 Å². The van der Waals surface area contributed by atoms with E-state index in [9.17, 15) is 4.79 Å². The van der Waals surface area contributed by atoms with Crippen molar-refractivity contribution >= 4 is 11.5 Å². The molecule has 0 bridgehead atoms. The molecule has 4 heteroatoms. The molecule has 0 atom stereocenters. The van der Waals surface area contributed by atoms with Gasteiger partial charge in [-0.25, -0.2) is 0 Å². The molecule has 0 aliphatic rings. The van der Waals surface area contributed by atoms with Gasteiger partial charge in [0.05, 0.1) is 0 Å². The SMILES string of the molecule is C=C(C)CCC.CC(=N)c1cccc(Cc2ccc(COc3ccc(C(C)=O)cc3C(C)C)cc2)c1.CCCN. The first-order chi connectivity index (χ1) is 19.0. The van der Waals surface area contributed by atoms with E-state index in [1.165, 1.54) is 29.5 Å². The maximum Gasteiger partial charge on any atom is 0.159 e. The fourth-order valence-corrected chi connectivity index (χ4v) is 3.84. The van der Waals surface area contributed by atoms with Gasteiger partial charge in [-0.2, -0.15) is 0 Å². The van der Waals surface area contributed by atoms with Crippen molar-refractivity contribution in [2.45, 2.75) is 86.7 Å². The van der Waals surface area contributed by atoms with Crippen LogP contribution in [0.1, 0.15) is 112 Å². The molecule has 3 aromatic carbocycles. The Hall–Kier alpha value is -3.50. The van der Waals surface area contributed by atoms with Crippen LogP contribution in [0.5, 0.6) is 5.75 Å². The fraction of sp³-hybridized carbons (Fsp3) is 0.389. The molecule has 0 aromatic heterocycles. The van der Waals surface area contributed by atoms with E-state index in [1.807, 2.05) is 37.3 Å². The summed E-state index contributed by atoms with van der Waals surface area (Å²) in [5.41, 5.74) is 13.2. The Labute approximate surface area is 243 Å². The number of ether oxygens (including phenoxy) is 1. The zero-order valence-corrected chi connectivity index (χ0v) is 25.8. The molecule has 0 fully saturated rings. The van der Waals surface area contributed by atoms with Crippen LogP contribution in [0, 0.1) is 5.41 Å². The van der Waals surface area contributed by atoms with Crippen molar-refractivity contribution in [3.8, 4) is 5.75 Å². The lowest BCUT2D eigenvalue weighted by molar-refractivity contribution is 0.101. The third kappa shape index (κ3) is 13.0. The van der Waals surface area contributed by atoms with Crippen molar-refractivity contribution in [3.63, 3.8) is 0 Å². The van der Waals surface area contributed by atoms with Gasteiger partial charge in [0, 0.05) is 11.3 Å². The molecule has 40 heavy (non-hydrogen) atoms. The number of hydrogen-bond acceptors (Lipinski definition) is 4. The highest BCUT2D eigenvalue weighted by Crippen LogP contribution is 2.28. The minimum absolute atomic E-state index is 0.0698. The number of Topliss-reactive ketones (excluding diaryl/α,β-unsaturated/α-hetero) is 1. The van der Waals surface area contributed by atoms with Crippen LogP contribution in [0.25, 0.3) is 0 Å². The van der Waals surface area contributed by atoms with Crippen molar-refractivity contribution in [2.24, 2.45) is 5.73 Å². The van der Waals surface area contributed by atoms with Gasteiger partial charge in [-0.05, 0) is 105 Å². The smallest absolute Gasteiger partial charge is 0.159 e. The van der Waals surface area contributed by atoms with E-state index in [4.69, 9.17) is 15.9 Å². The summed E-state index contributed by atoms with van der Waals surface area (Å²) in [6.07, 6.45) is 4.35. The lowest BCUT2D eigenvalue weighted by Crippen LogP contribution is -2.02. The third-order valence-corrected chi connectivity index (χ3v) is 6.19. The monoisotopic (exact) mass is 542 g/mol. The van der Waals surface area contributed by atoms with E-state index in [1.54, 1.807) is 6.92 Å². The molecule has 0 aliphatic heterocycles. The molecule has 3 N–H and O–H groups in total. The third-order valence-electron chi connectivity index (χ3n) is 6.19. The van der Waals surface area contributed by atoms with Gasteiger partial charge in [-0.3, -0.25) is 4.79 Å². The van der Waals surface area contributed by atoms with Gasteiger partial charge in [0.2, 0.25) is 0 Å². The standard InChI is InChI=1S/C27H29NO2.C6H12.C3H9N/c1-18(2)26-16-25(20(4)29)12-13-27(26)30-17-22-10-8-21(9-11-22)14-23-6-5-7-24(15-23)19(3)28;1-4-5-6(2)3;1-2-3-4/h5-13,15-16,18,28H,14,17H2,1-4H3;2,4-5H2,1,3H3;2-4H2,1H3. The van der Waals surface area contributed by atoms with Gasteiger partial charge in [-0.1, -0.05) is 82.2 Å². The maximum absolute atomic E-state index is 11.7. The second kappa shape index (κ2) is 18.7. The van der Waals surface area contributed by atoms with Gasteiger partial charge in [0.1, 0.15) is 12.4 Å². The predicted molar refractivity (Wildman–Crippen MR) is 172 cm³/mol. The van der Waals surface area contributed by atoms with Crippen LogP contribution < -0.4 is 10.5 Å². The summed E-state index contributed by atoms with van der Waals surface area (Å²) in [6, 6.07) is 22.3. The number of hydrogen-bond donors (Lipinski definition) is 2. The molecule has 4 nitrogen and oxygen atoms in total. The van der Waals surface area contributed by atoms with E-state index in [0.29, 0.717) is 12.3 Å². The molecule has 0 unspecified atom stereocenters. The molecular formula is C36H50N2O2. The number of nitrogens with two attached hydrogens (primary N) is 1. The highest BCUT2D eigenvalue weighted by Gasteiger charge is 2.11. The van der Waals surface area contributed by atoms with Crippen LogP contribution in [-0.4, -0.2) is 18.0 Å². The van der Waals surface area contributed by atoms with Crippen molar-refractivity contribution in [1.82, 2.24) is 0 Å². The molecule has 0 amide bonds. The number of rotatable bonds is 11. The molecule has 216 valence electrons. The van der Waals surface area contributed by atoms with Crippen LogP contribution in [0.4, 0.5) is 0 Å². The van der Waals surface area contributed by atoms with Crippen LogP contribution in [0.15, 0.2) is 78.9 Å². The maximum atomic E-state index is 11.7. The molecule has 0 radical (unpaired) electrons. The first-order valence-corrected chi connectivity index (χ1v) is 14.4. The van der Waals surface area contributed by atoms with Gasteiger partial charge in [0.25, 0.3) is 0 Å². The fourth-order valence-electron chi connectivity index (χ4n) is 3.84. The van der Waals surface area contributed by atoms with E-state index >= 15 is 0 Å². The number of nitrogens with one attached hydrogen (secondary N) is 1. The van der Waals surface area contributed by atoms with E-state index in [0.717, 1.165) is 47.4 Å². The minimum Gasteiger partial charge on any atom is -0.489 e. The predicted octanol–water partition coefficient (Wildman–Crippen LogP) is 9.29. The number of benzene rings is 3. The van der Waals surface area contributed by atoms with Crippen LogP contribution in [0.3, 0.4) is 0 Å². The Morgan fingerprint density at radius 1 is 0.875 bits per heavy atom. The van der Waals surface area contributed by atoms with Crippen LogP contribution in [0.2, 0.25) is 0 Å². The summed E-state index contributed by atoms with van der Waals surface area (Å²) in [7, 11) is 0. The lowest BCUT2D eigenvalue weighted by atomic mass is 9.98. The largest absolute Gasteiger partial charge is 0.489 e. The Morgan fingerprint density at radius 3 is 1.98 bits per heavy atom. The first-order valence-electron chi connectivity index (χ1n) is 14.4. The zero-order valence-electron chi connectivity index (χ0n) is 25.8. The number of allylic oxidation sites excluding steroid dienone is 1. The van der Waals surface area contributed by atoms with E-state index in [-0.39, 0.29) is 11.7 Å². The highest BCUT2D eigenvalue weighted by atomic mass is 16.5.